The summed E-state index contributed by atoms with van der Waals surface area (Å²) in [5.74, 6) is -0.270. The highest BCUT2D eigenvalue weighted by atomic mass is 19.1. The molecule has 162 valence electrons. The summed E-state index contributed by atoms with van der Waals surface area (Å²) in [7, 11) is 4.07. The molecular formula is C23H26FN5O2. The first-order chi connectivity index (χ1) is 14.8. The first kappa shape index (κ1) is 21.0. The van der Waals surface area contributed by atoms with Gasteiger partial charge in [0.1, 0.15) is 11.3 Å². The minimum Gasteiger partial charge on any atom is -0.425 e. The average molecular weight is 423 g/mol. The van der Waals surface area contributed by atoms with Gasteiger partial charge >= 0.3 is 5.56 Å². The smallest absolute Gasteiger partial charge is 0.309 e. The highest BCUT2D eigenvalue weighted by Crippen LogP contribution is 2.28. The number of halogens is 1. The van der Waals surface area contributed by atoms with E-state index in [2.05, 4.69) is 32.9 Å². The fourth-order valence-electron chi connectivity index (χ4n) is 4.00. The Balaban J connectivity index is 1.81. The van der Waals surface area contributed by atoms with Gasteiger partial charge in [-0.25, -0.2) is 9.37 Å². The van der Waals surface area contributed by atoms with Crippen molar-refractivity contribution in [1.82, 2.24) is 24.5 Å². The van der Waals surface area contributed by atoms with Crippen LogP contribution in [0.4, 0.5) is 4.39 Å². The third kappa shape index (κ3) is 4.30. The summed E-state index contributed by atoms with van der Waals surface area (Å²) in [6.45, 7) is 4.19. The van der Waals surface area contributed by atoms with E-state index in [0.717, 1.165) is 28.6 Å². The van der Waals surface area contributed by atoms with Crippen LogP contribution in [0.15, 0.2) is 53.7 Å². The lowest BCUT2D eigenvalue weighted by molar-refractivity contribution is 0.176. The zero-order valence-corrected chi connectivity index (χ0v) is 17.8. The molecule has 0 spiro atoms. The second kappa shape index (κ2) is 8.49. The Bertz CT molecular complexity index is 1280. The summed E-state index contributed by atoms with van der Waals surface area (Å²) in [6.07, 6.45) is 5.05. The van der Waals surface area contributed by atoms with Gasteiger partial charge in [0.25, 0.3) is 0 Å². The van der Waals surface area contributed by atoms with Crippen LogP contribution in [0.1, 0.15) is 18.1 Å². The van der Waals surface area contributed by atoms with Crippen LogP contribution in [-0.4, -0.2) is 51.1 Å². The van der Waals surface area contributed by atoms with Gasteiger partial charge in [-0.1, -0.05) is 12.1 Å². The molecule has 4 aromatic rings. The zero-order chi connectivity index (χ0) is 22.1. The number of rotatable bonds is 7. The summed E-state index contributed by atoms with van der Waals surface area (Å²) in [5.41, 5.74) is 2.55. The van der Waals surface area contributed by atoms with Gasteiger partial charge in [0.15, 0.2) is 0 Å². The molecule has 0 radical (unpaired) electrons. The van der Waals surface area contributed by atoms with E-state index in [9.17, 15) is 14.4 Å². The van der Waals surface area contributed by atoms with Gasteiger partial charge in [-0.3, -0.25) is 4.79 Å². The molecule has 4 rings (SSSR count). The van der Waals surface area contributed by atoms with E-state index in [1.54, 1.807) is 24.4 Å². The average Bonchev–Trinajstić information content (AvgIpc) is 3.08. The summed E-state index contributed by atoms with van der Waals surface area (Å²) >= 11 is 0. The maximum absolute atomic E-state index is 13.3. The molecule has 3 heterocycles. The first-order valence-electron chi connectivity index (χ1n) is 10.2. The molecule has 7 nitrogen and oxygen atoms in total. The molecule has 0 bridgehead atoms. The fourth-order valence-corrected chi connectivity index (χ4v) is 4.00. The third-order valence-electron chi connectivity index (χ3n) is 5.38. The van der Waals surface area contributed by atoms with Crippen molar-refractivity contribution in [3.8, 4) is 0 Å². The van der Waals surface area contributed by atoms with Crippen molar-refractivity contribution in [2.24, 2.45) is 0 Å². The van der Waals surface area contributed by atoms with Crippen LogP contribution < -0.4 is 10.9 Å². The lowest BCUT2D eigenvalue weighted by Crippen LogP contribution is -2.35. The largest absolute Gasteiger partial charge is 0.425 e. The quantitative estimate of drug-likeness (QED) is 0.447. The van der Waals surface area contributed by atoms with Gasteiger partial charge in [0.2, 0.25) is 0 Å². The van der Waals surface area contributed by atoms with Crippen molar-refractivity contribution < 1.29 is 9.60 Å². The van der Waals surface area contributed by atoms with Crippen molar-refractivity contribution in [3.05, 3.63) is 76.2 Å². The zero-order valence-electron chi connectivity index (χ0n) is 17.8. The van der Waals surface area contributed by atoms with Crippen molar-refractivity contribution in [1.29, 1.82) is 0 Å². The van der Waals surface area contributed by atoms with Crippen molar-refractivity contribution in [2.75, 3.05) is 20.6 Å². The number of pyridine rings is 2. The number of benzene rings is 1. The fraction of sp³-hybridized carbons (Fsp3) is 0.304. The summed E-state index contributed by atoms with van der Waals surface area (Å²) < 4.78 is 15.9. The van der Waals surface area contributed by atoms with Crippen molar-refractivity contribution >= 4 is 21.8 Å². The predicted octanol–water partition coefficient (Wildman–Crippen LogP) is 2.82. The van der Waals surface area contributed by atoms with Crippen LogP contribution in [0.25, 0.3) is 21.8 Å². The van der Waals surface area contributed by atoms with Gasteiger partial charge in [0.05, 0.1) is 11.7 Å². The Morgan fingerprint density at radius 1 is 1.23 bits per heavy atom. The van der Waals surface area contributed by atoms with Crippen molar-refractivity contribution in [3.63, 3.8) is 0 Å². The van der Waals surface area contributed by atoms with Crippen LogP contribution >= 0.6 is 0 Å². The molecule has 31 heavy (non-hydrogen) atoms. The Morgan fingerprint density at radius 2 is 1.97 bits per heavy atom. The van der Waals surface area contributed by atoms with E-state index in [0.29, 0.717) is 23.2 Å². The normalized spacial score (nSPS) is 12.8. The van der Waals surface area contributed by atoms with Gasteiger partial charge in [-0.2, -0.15) is 4.73 Å². The van der Waals surface area contributed by atoms with Gasteiger partial charge < -0.3 is 20.0 Å². The maximum Gasteiger partial charge on any atom is 0.309 e. The predicted molar refractivity (Wildman–Crippen MR) is 119 cm³/mol. The van der Waals surface area contributed by atoms with E-state index < -0.39 is 5.56 Å². The topological polar surface area (TPSA) is 75.3 Å². The molecule has 1 aromatic carbocycles. The molecule has 1 atom stereocenters. The number of aromatic nitrogens is 3. The van der Waals surface area contributed by atoms with Crippen LogP contribution in [0, 0.1) is 5.82 Å². The molecule has 1 unspecified atom stereocenters. The summed E-state index contributed by atoms with van der Waals surface area (Å²) in [6, 6.07) is 8.40. The SMILES string of the molecule is CC(CN(C)C)NCc1cn(Cc2ccc(F)cc2)c2cnc3c(=O)n(O)ccc3c12. The first-order valence-corrected chi connectivity index (χ1v) is 10.2. The Labute approximate surface area is 179 Å². The molecule has 0 amide bonds. The Kier molecular flexibility index (Phi) is 5.75. The Morgan fingerprint density at radius 3 is 2.68 bits per heavy atom. The molecule has 0 aliphatic carbocycles. The number of fused-ring (bicyclic) bond motifs is 3. The number of nitrogens with zero attached hydrogens (tertiary/aromatic N) is 4. The van der Waals surface area contributed by atoms with Crippen LogP contribution in [0.2, 0.25) is 0 Å². The molecule has 0 saturated heterocycles. The summed E-state index contributed by atoms with van der Waals surface area (Å²) in [5, 5.41) is 14.9. The monoisotopic (exact) mass is 423 g/mol. The van der Waals surface area contributed by atoms with Crippen LogP contribution in [-0.2, 0) is 13.1 Å². The third-order valence-corrected chi connectivity index (χ3v) is 5.38. The van der Waals surface area contributed by atoms with Gasteiger partial charge in [-0.05, 0) is 50.3 Å². The van der Waals surface area contributed by atoms with E-state index in [4.69, 9.17) is 0 Å². The molecule has 0 saturated carbocycles. The van der Waals surface area contributed by atoms with Crippen LogP contribution in [0.5, 0.6) is 0 Å². The molecular weight excluding hydrogens is 397 g/mol. The van der Waals surface area contributed by atoms with E-state index in [1.165, 1.54) is 18.3 Å². The second-order valence-electron chi connectivity index (χ2n) is 8.20. The minimum absolute atomic E-state index is 0.222. The van der Waals surface area contributed by atoms with Crippen LogP contribution in [0.3, 0.4) is 0 Å². The number of likely N-dealkylation sites (N-methyl/N-ethyl adjacent to an activating group) is 1. The number of nitrogens with one attached hydrogen (secondary N) is 1. The summed E-state index contributed by atoms with van der Waals surface area (Å²) in [4.78, 5) is 18.8. The molecule has 2 N–H and O–H groups in total. The highest BCUT2D eigenvalue weighted by Gasteiger charge is 2.16. The van der Waals surface area contributed by atoms with Gasteiger partial charge in [0, 0.05) is 48.8 Å². The van der Waals surface area contributed by atoms with E-state index in [1.807, 2.05) is 14.1 Å². The lowest BCUT2D eigenvalue weighted by Gasteiger charge is -2.18. The lowest BCUT2D eigenvalue weighted by atomic mass is 10.1. The number of hydrogen-bond acceptors (Lipinski definition) is 5. The molecule has 3 aromatic heterocycles. The maximum atomic E-state index is 13.3. The van der Waals surface area contributed by atoms with E-state index >= 15 is 0 Å². The minimum atomic E-state index is -0.550. The molecule has 0 fully saturated rings. The van der Waals surface area contributed by atoms with Crippen molar-refractivity contribution in [2.45, 2.75) is 26.1 Å². The van der Waals surface area contributed by atoms with E-state index in [-0.39, 0.29) is 17.4 Å². The van der Waals surface area contributed by atoms with Gasteiger partial charge in [-0.15, -0.1) is 0 Å². The standard InChI is InChI=1S/C23H26FN5O2/c1-15(12-27(2)3)25-10-17-14-28(13-16-4-6-18(24)7-5-16)20-11-26-22-19(21(17)20)8-9-29(31)23(22)30/h4-9,11,14-15,25,31H,10,12-13H2,1-3H3. The Hall–Kier alpha value is -3.23. The second-order valence-corrected chi connectivity index (χ2v) is 8.20. The molecule has 0 aliphatic heterocycles. The molecule has 0 aliphatic rings. The molecule has 8 heteroatoms. The highest BCUT2D eigenvalue weighted by molar-refractivity contribution is 6.06. The number of hydrogen-bond donors (Lipinski definition) is 2.